The maximum Gasteiger partial charge on any atom is 0.243 e. The molecule has 8 heteroatoms. The van der Waals surface area contributed by atoms with Crippen molar-refractivity contribution < 1.29 is 8.42 Å². The highest BCUT2D eigenvalue weighted by Gasteiger charge is 2.30. The normalized spacial score (nSPS) is 16.2. The van der Waals surface area contributed by atoms with Crippen molar-refractivity contribution in [2.24, 2.45) is 0 Å². The van der Waals surface area contributed by atoms with Gasteiger partial charge >= 0.3 is 0 Å². The minimum atomic E-state index is -3.47. The summed E-state index contributed by atoms with van der Waals surface area (Å²) in [6.07, 6.45) is 0. The average Bonchev–Trinajstić information content (AvgIpc) is 3.04. The van der Waals surface area contributed by atoms with Crippen LogP contribution < -0.4 is 4.90 Å². The first-order valence-electron chi connectivity index (χ1n) is 8.73. The van der Waals surface area contributed by atoms with Crippen molar-refractivity contribution >= 4 is 48.3 Å². The Morgan fingerprint density at radius 2 is 1.78 bits per heavy atom. The molecule has 0 radical (unpaired) electrons. The third kappa shape index (κ3) is 3.57. The number of hydrogen-bond acceptors (Lipinski definition) is 5. The summed E-state index contributed by atoms with van der Waals surface area (Å²) < 4.78 is 28.7. The number of halogens is 1. The second-order valence-electron chi connectivity index (χ2n) is 6.77. The molecule has 2 aromatic carbocycles. The molecular formula is C19H20ClN3O2S2. The molecule has 5 nitrogen and oxygen atoms in total. The monoisotopic (exact) mass is 421 g/mol. The molecule has 1 aliphatic heterocycles. The van der Waals surface area contributed by atoms with Crippen LogP contribution in [0.15, 0.2) is 41.3 Å². The highest BCUT2D eigenvalue weighted by atomic mass is 35.5. The Morgan fingerprint density at radius 3 is 2.48 bits per heavy atom. The lowest BCUT2D eigenvalue weighted by atomic mass is 10.2. The first-order valence-corrected chi connectivity index (χ1v) is 11.4. The fraction of sp³-hybridized carbons (Fsp3) is 0.316. The van der Waals surface area contributed by atoms with Crippen molar-refractivity contribution in [3.05, 3.63) is 52.5 Å². The number of sulfonamides is 1. The van der Waals surface area contributed by atoms with E-state index in [1.807, 2.05) is 44.2 Å². The number of fused-ring (bicyclic) bond motifs is 1. The predicted molar refractivity (Wildman–Crippen MR) is 112 cm³/mol. The van der Waals surface area contributed by atoms with E-state index in [0.717, 1.165) is 26.5 Å². The molecule has 0 atom stereocenters. The Bertz CT molecular complexity index is 1100. The van der Waals surface area contributed by atoms with Crippen molar-refractivity contribution in [2.75, 3.05) is 31.1 Å². The predicted octanol–water partition coefficient (Wildman–Crippen LogP) is 4.08. The number of aromatic nitrogens is 1. The van der Waals surface area contributed by atoms with E-state index < -0.39 is 10.0 Å². The second kappa shape index (κ2) is 7.05. The van der Waals surface area contributed by atoms with Crippen molar-refractivity contribution in [1.29, 1.82) is 0 Å². The van der Waals surface area contributed by atoms with Gasteiger partial charge in [0.05, 0.1) is 15.1 Å². The van der Waals surface area contributed by atoms with E-state index in [9.17, 15) is 8.42 Å². The molecule has 2 heterocycles. The summed E-state index contributed by atoms with van der Waals surface area (Å²) in [5.74, 6) is 0. The lowest BCUT2D eigenvalue weighted by molar-refractivity contribution is 0.384. The van der Waals surface area contributed by atoms with Gasteiger partial charge in [-0.15, -0.1) is 0 Å². The van der Waals surface area contributed by atoms with Crippen LogP contribution in [0.5, 0.6) is 0 Å². The number of aryl methyl sites for hydroxylation is 2. The zero-order valence-electron chi connectivity index (χ0n) is 15.1. The van der Waals surface area contributed by atoms with Crippen LogP contribution in [0.25, 0.3) is 10.2 Å². The SMILES string of the molecule is Cc1ccc(S(=O)(=O)N2CCN(c3nc4ccc(Cl)cc4s3)CC2)c(C)c1. The first kappa shape index (κ1) is 18.7. The second-order valence-corrected chi connectivity index (χ2v) is 10.1. The van der Waals surface area contributed by atoms with E-state index in [4.69, 9.17) is 11.6 Å². The number of rotatable bonds is 3. The number of thiazole rings is 1. The zero-order chi connectivity index (χ0) is 19.2. The Labute approximate surface area is 168 Å². The Hall–Kier alpha value is -1.67. The van der Waals surface area contributed by atoms with Gasteiger partial charge in [0.2, 0.25) is 10.0 Å². The minimum absolute atomic E-state index is 0.399. The van der Waals surface area contributed by atoms with Crippen molar-refractivity contribution in [1.82, 2.24) is 9.29 Å². The van der Waals surface area contributed by atoms with Crippen LogP contribution in [-0.4, -0.2) is 43.9 Å². The molecule has 0 bridgehead atoms. The molecule has 0 spiro atoms. The van der Waals surface area contributed by atoms with Gasteiger partial charge in [-0.2, -0.15) is 4.31 Å². The minimum Gasteiger partial charge on any atom is -0.345 e. The lowest BCUT2D eigenvalue weighted by Crippen LogP contribution is -2.48. The molecule has 142 valence electrons. The van der Waals surface area contributed by atoms with Gasteiger partial charge in [-0.25, -0.2) is 13.4 Å². The van der Waals surface area contributed by atoms with Crippen LogP contribution in [0.1, 0.15) is 11.1 Å². The van der Waals surface area contributed by atoms with Gasteiger partial charge in [-0.3, -0.25) is 0 Å². The third-order valence-electron chi connectivity index (χ3n) is 4.80. The Kier molecular flexibility index (Phi) is 4.88. The lowest BCUT2D eigenvalue weighted by Gasteiger charge is -2.34. The molecule has 0 aliphatic carbocycles. The topological polar surface area (TPSA) is 53.5 Å². The van der Waals surface area contributed by atoms with E-state index >= 15 is 0 Å². The van der Waals surface area contributed by atoms with Crippen molar-refractivity contribution in [3.8, 4) is 0 Å². The summed E-state index contributed by atoms with van der Waals surface area (Å²) in [6.45, 7) is 5.96. The molecule has 0 unspecified atom stereocenters. The van der Waals surface area contributed by atoms with Gasteiger partial charge in [0.15, 0.2) is 5.13 Å². The maximum absolute atomic E-state index is 13.0. The largest absolute Gasteiger partial charge is 0.345 e. The zero-order valence-corrected chi connectivity index (χ0v) is 17.5. The van der Waals surface area contributed by atoms with E-state index in [-0.39, 0.29) is 0 Å². The quantitative estimate of drug-likeness (QED) is 0.639. The smallest absolute Gasteiger partial charge is 0.243 e. The van der Waals surface area contributed by atoms with Gasteiger partial charge in [0, 0.05) is 31.2 Å². The molecule has 27 heavy (non-hydrogen) atoms. The maximum atomic E-state index is 13.0. The standard InChI is InChI=1S/C19H20ClN3O2S2/c1-13-3-6-18(14(2)11-13)27(24,25)23-9-7-22(8-10-23)19-21-16-5-4-15(20)12-17(16)26-19/h3-6,11-12H,7-10H2,1-2H3. The molecule has 0 amide bonds. The van der Waals surface area contributed by atoms with Crippen LogP contribution >= 0.6 is 22.9 Å². The number of nitrogens with zero attached hydrogens (tertiary/aromatic N) is 3. The fourth-order valence-corrected chi connectivity index (χ4v) is 6.29. The van der Waals surface area contributed by atoms with Crippen LogP contribution in [0.3, 0.4) is 0 Å². The van der Waals surface area contributed by atoms with Gasteiger partial charge in [-0.1, -0.05) is 40.6 Å². The molecule has 1 aromatic heterocycles. The van der Waals surface area contributed by atoms with Gasteiger partial charge in [-0.05, 0) is 43.7 Å². The molecule has 0 saturated carbocycles. The summed E-state index contributed by atoms with van der Waals surface area (Å²) in [5.41, 5.74) is 2.78. The summed E-state index contributed by atoms with van der Waals surface area (Å²) >= 11 is 7.65. The third-order valence-corrected chi connectivity index (χ3v) is 8.17. The van der Waals surface area contributed by atoms with Gasteiger partial charge < -0.3 is 4.90 Å². The molecule has 1 fully saturated rings. The summed E-state index contributed by atoms with van der Waals surface area (Å²) in [7, 11) is -3.47. The molecule has 4 rings (SSSR count). The molecular weight excluding hydrogens is 402 g/mol. The molecule has 0 N–H and O–H groups in total. The fourth-order valence-electron chi connectivity index (χ4n) is 3.37. The summed E-state index contributed by atoms with van der Waals surface area (Å²) in [4.78, 5) is 7.21. The molecule has 1 aliphatic rings. The number of piperazine rings is 1. The van der Waals surface area contributed by atoms with E-state index in [2.05, 4.69) is 9.88 Å². The number of hydrogen-bond donors (Lipinski definition) is 0. The number of benzene rings is 2. The number of anilines is 1. The van der Waals surface area contributed by atoms with Gasteiger partial charge in [0.1, 0.15) is 0 Å². The Morgan fingerprint density at radius 1 is 1.04 bits per heavy atom. The molecule has 3 aromatic rings. The summed E-state index contributed by atoms with van der Waals surface area (Å²) in [6, 6.07) is 11.1. The van der Waals surface area contributed by atoms with Crippen molar-refractivity contribution in [2.45, 2.75) is 18.7 Å². The van der Waals surface area contributed by atoms with Gasteiger partial charge in [0.25, 0.3) is 0 Å². The summed E-state index contributed by atoms with van der Waals surface area (Å²) in [5, 5.41) is 1.61. The van der Waals surface area contributed by atoms with E-state index in [1.54, 1.807) is 21.7 Å². The first-order chi connectivity index (χ1) is 12.8. The van der Waals surface area contributed by atoms with Crippen LogP contribution in [0.2, 0.25) is 5.02 Å². The van der Waals surface area contributed by atoms with Crippen LogP contribution in [0.4, 0.5) is 5.13 Å². The van der Waals surface area contributed by atoms with Crippen molar-refractivity contribution in [3.63, 3.8) is 0 Å². The van der Waals surface area contributed by atoms with E-state index in [0.29, 0.717) is 36.1 Å². The Balaban J connectivity index is 1.52. The highest BCUT2D eigenvalue weighted by molar-refractivity contribution is 7.89. The van der Waals surface area contributed by atoms with Crippen LogP contribution in [-0.2, 0) is 10.0 Å². The van der Waals surface area contributed by atoms with Crippen LogP contribution in [0, 0.1) is 13.8 Å². The van der Waals surface area contributed by atoms with E-state index in [1.165, 1.54) is 0 Å². The average molecular weight is 422 g/mol. The highest BCUT2D eigenvalue weighted by Crippen LogP contribution is 2.32. The molecule has 1 saturated heterocycles.